The van der Waals surface area contributed by atoms with Gasteiger partial charge in [-0.3, -0.25) is 14.4 Å². The minimum absolute atomic E-state index is 0. The molecule has 9 rings (SSSR count). The van der Waals surface area contributed by atoms with E-state index in [0.717, 1.165) is 46.9 Å². The summed E-state index contributed by atoms with van der Waals surface area (Å²) in [6.45, 7) is 12.5. The van der Waals surface area contributed by atoms with Gasteiger partial charge >= 0.3 is 18.1 Å². The topological polar surface area (TPSA) is 166 Å². The molecule has 0 saturated heterocycles. The molecule has 374 valence electrons. The quantitative estimate of drug-likeness (QED) is 0.151. The smallest absolute Gasteiger partial charge is 0.329 e. The van der Waals surface area contributed by atoms with Crippen LogP contribution in [-0.2, 0) is 0 Å². The van der Waals surface area contributed by atoms with Crippen molar-refractivity contribution in [2.75, 3.05) is 27.2 Å². The monoisotopic (exact) mass is 979 g/mol. The minimum atomic E-state index is -0.465. The highest BCUT2D eigenvalue weighted by molar-refractivity contribution is 5.97. The van der Waals surface area contributed by atoms with Gasteiger partial charge in [0.15, 0.2) is 0 Å². The molecule has 0 atom stereocenters. The Bertz CT molecular complexity index is 3560. The van der Waals surface area contributed by atoms with E-state index in [9.17, 15) is 28.8 Å². The summed E-state index contributed by atoms with van der Waals surface area (Å²) in [4.78, 5) is 80.8. The number of nitrogens with zero attached hydrogens (tertiary/aromatic N) is 9. The molecule has 15 heteroatoms. The normalized spacial score (nSPS) is 10.8. The molecule has 0 fully saturated rings. The zero-order chi connectivity index (χ0) is 51.6. The van der Waals surface area contributed by atoms with Crippen LogP contribution in [0.5, 0.6) is 0 Å². The predicted octanol–water partition coefficient (Wildman–Crippen LogP) is 10.8. The Morgan fingerprint density at radius 1 is 0.411 bits per heavy atom. The third-order valence-electron chi connectivity index (χ3n) is 11.9. The lowest BCUT2D eigenvalue weighted by atomic mass is 10.1. The van der Waals surface area contributed by atoms with Crippen LogP contribution >= 0.6 is 0 Å². The summed E-state index contributed by atoms with van der Waals surface area (Å²) in [6, 6.07) is 49.1. The van der Waals surface area contributed by atoms with Gasteiger partial charge in [-0.05, 0) is 59.7 Å². The second-order valence-electron chi connectivity index (χ2n) is 17.4. The number of aromatic nitrogens is 6. The molecule has 0 saturated carbocycles. The Balaban J connectivity index is 0.000000178. The number of carbonyl (C=O) groups excluding carboxylic acids is 3. The first kappa shape index (κ1) is 53.5. The zero-order valence-corrected chi connectivity index (χ0v) is 41.6. The molecule has 0 N–H and O–H groups in total. The van der Waals surface area contributed by atoms with Gasteiger partial charge in [0.2, 0.25) is 0 Å². The number of hydrogen-bond acceptors (Lipinski definition) is 9. The Kier molecular flexibility index (Phi) is 17.5. The van der Waals surface area contributed by atoms with Crippen LogP contribution in [0.2, 0.25) is 0 Å². The fourth-order valence-corrected chi connectivity index (χ4v) is 8.35. The van der Waals surface area contributed by atoms with Crippen LogP contribution < -0.4 is 16.7 Å². The van der Waals surface area contributed by atoms with Crippen molar-refractivity contribution >= 4 is 50.4 Å². The van der Waals surface area contributed by atoms with E-state index >= 15 is 0 Å². The van der Waals surface area contributed by atoms with Crippen LogP contribution in [0.1, 0.15) is 49.0 Å². The summed E-state index contributed by atoms with van der Waals surface area (Å²) >= 11 is 0. The van der Waals surface area contributed by atoms with Crippen molar-refractivity contribution in [2.45, 2.75) is 61.1 Å². The largest absolute Gasteiger partial charge is 0.348 e. The molecule has 0 spiro atoms. The molecule has 3 aromatic heterocycles. The first-order valence-corrected chi connectivity index (χ1v) is 23.7. The zero-order valence-electron chi connectivity index (χ0n) is 41.6. The van der Waals surface area contributed by atoms with Crippen LogP contribution in [0.4, 0.5) is 14.4 Å². The number of amides is 3. The minimum Gasteiger partial charge on any atom is -0.329 e. The molecular weight excluding hydrogens is 919 g/mol. The van der Waals surface area contributed by atoms with Gasteiger partial charge in [0, 0.05) is 72.1 Å². The Labute approximate surface area is 424 Å². The van der Waals surface area contributed by atoms with Gasteiger partial charge in [0.1, 0.15) is 0 Å². The highest BCUT2D eigenvalue weighted by Crippen LogP contribution is 2.27. The fraction of sp³-hybridized carbons (Fsp3) is 0.224. The second kappa shape index (κ2) is 23.8. The molecule has 6 aromatic carbocycles. The highest BCUT2D eigenvalue weighted by atomic mass is 16.2. The maximum atomic E-state index is 13.1. The molecule has 3 heterocycles. The SMILES string of the molecule is C.CC(C)N(C(=O)n1nc(-c2ccccc2)c2ccccc2c1=O)C(C)C.CCN(CC)C(=O)n1nc(-c2ccccc2)c2ccccc2c1=O.CN(C)C(=O)n1nc(-c2ccccc2)c2ccccc2c1=O. The van der Waals surface area contributed by atoms with Crippen LogP contribution in [-0.4, -0.2) is 101 Å². The summed E-state index contributed by atoms with van der Waals surface area (Å²) in [5.74, 6) is 0. The maximum absolute atomic E-state index is 13.1. The van der Waals surface area contributed by atoms with Gasteiger partial charge < -0.3 is 14.7 Å². The van der Waals surface area contributed by atoms with Gasteiger partial charge in [-0.25, -0.2) is 14.4 Å². The van der Waals surface area contributed by atoms with Crippen molar-refractivity contribution in [3.63, 3.8) is 0 Å². The van der Waals surface area contributed by atoms with Gasteiger partial charge in [-0.15, -0.1) is 14.0 Å². The third-order valence-corrected chi connectivity index (χ3v) is 11.9. The Hall–Kier alpha value is -8.85. The van der Waals surface area contributed by atoms with Gasteiger partial charge in [-0.2, -0.15) is 15.3 Å². The van der Waals surface area contributed by atoms with Crippen molar-refractivity contribution in [1.82, 2.24) is 44.0 Å². The molecule has 0 bridgehead atoms. The van der Waals surface area contributed by atoms with Crippen LogP contribution in [0.15, 0.2) is 178 Å². The van der Waals surface area contributed by atoms with Crippen molar-refractivity contribution in [1.29, 1.82) is 0 Å². The highest BCUT2D eigenvalue weighted by Gasteiger charge is 2.26. The molecule has 15 nitrogen and oxygen atoms in total. The van der Waals surface area contributed by atoms with Crippen molar-refractivity contribution < 1.29 is 14.4 Å². The summed E-state index contributed by atoms with van der Waals surface area (Å²) < 4.78 is 2.91. The van der Waals surface area contributed by atoms with Crippen molar-refractivity contribution in [3.05, 3.63) is 195 Å². The molecule has 0 unspecified atom stereocenters. The number of rotatable bonds is 7. The Morgan fingerprint density at radius 3 is 0.945 bits per heavy atom. The van der Waals surface area contributed by atoms with Crippen LogP contribution in [0.25, 0.3) is 66.1 Å². The van der Waals surface area contributed by atoms with E-state index in [1.165, 1.54) is 4.90 Å². The first-order chi connectivity index (χ1) is 34.7. The van der Waals surface area contributed by atoms with E-state index < -0.39 is 29.2 Å². The van der Waals surface area contributed by atoms with E-state index in [0.29, 0.717) is 46.3 Å². The summed E-state index contributed by atoms with van der Waals surface area (Å²) in [5.41, 5.74) is 3.28. The van der Waals surface area contributed by atoms with E-state index in [2.05, 4.69) is 15.3 Å². The van der Waals surface area contributed by atoms with E-state index in [1.54, 1.807) is 60.3 Å². The molecule has 3 amide bonds. The lowest BCUT2D eigenvalue weighted by Crippen LogP contribution is -2.48. The number of hydrogen-bond donors (Lipinski definition) is 0. The van der Waals surface area contributed by atoms with Gasteiger partial charge in [-0.1, -0.05) is 153 Å². The summed E-state index contributed by atoms with van der Waals surface area (Å²) in [7, 11) is 3.18. The van der Waals surface area contributed by atoms with Crippen molar-refractivity contribution in [3.8, 4) is 33.8 Å². The number of benzene rings is 6. The molecular formula is C58H61N9O6. The van der Waals surface area contributed by atoms with E-state index in [4.69, 9.17) is 0 Å². The van der Waals surface area contributed by atoms with E-state index in [1.807, 2.05) is 169 Å². The lowest BCUT2D eigenvalue weighted by molar-refractivity contribution is 0.162. The average molecular weight is 980 g/mol. The average Bonchev–Trinajstić information content (AvgIpc) is 3.40. The van der Waals surface area contributed by atoms with Crippen molar-refractivity contribution in [2.24, 2.45) is 0 Å². The molecule has 0 aliphatic carbocycles. The Morgan fingerprint density at radius 2 is 0.671 bits per heavy atom. The molecule has 0 radical (unpaired) electrons. The maximum Gasteiger partial charge on any atom is 0.348 e. The third kappa shape index (κ3) is 11.4. The fourth-order valence-electron chi connectivity index (χ4n) is 8.35. The lowest BCUT2D eigenvalue weighted by Gasteiger charge is -2.30. The second-order valence-corrected chi connectivity index (χ2v) is 17.4. The summed E-state index contributed by atoms with van der Waals surface area (Å²) in [5, 5.41) is 16.9. The molecule has 73 heavy (non-hydrogen) atoms. The number of fused-ring (bicyclic) bond motifs is 3. The van der Waals surface area contributed by atoms with Crippen LogP contribution in [0.3, 0.4) is 0 Å². The predicted molar refractivity (Wildman–Crippen MR) is 292 cm³/mol. The molecule has 0 aliphatic rings. The van der Waals surface area contributed by atoms with Crippen LogP contribution in [0, 0.1) is 0 Å². The van der Waals surface area contributed by atoms with Gasteiger partial charge in [0.05, 0.1) is 33.2 Å². The van der Waals surface area contributed by atoms with Gasteiger partial charge in [0.25, 0.3) is 16.7 Å². The number of carbonyl (C=O) groups is 3. The molecule has 0 aliphatic heterocycles. The standard InChI is InChI=1S/C21H23N3O2.C19H19N3O2.C17H15N3O2.CH4/c1-14(2)23(15(3)4)21(26)24-20(25)18-13-9-8-12-17(18)19(22-24)16-10-6-5-7-11-16;1-3-21(4-2)19(24)22-18(23)16-13-9-8-12-15(16)17(20-22)14-10-6-5-7-11-14;1-19(2)17(22)20-16(21)14-11-7-6-10-13(14)15(18-20)12-8-4-3-5-9-12;/h5-15H,1-4H3;5-13H,3-4H2,1-2H3;3-11H,1-2H3;1H4. The molecule has 9 aromatic rings. The van der Waals surface area contributed by atoms with E-state index in [-0.39, 0.29) is 25.1 Å². The first-order valence-electron chi connectivity index (χ1n) is 23.7. The summed E-state index contributed by atoms with van der Waals surface area (Å²) in [6.07, 6.45) is 0.